The number of hydrogen-bond donors (Lipinski definition) is 0. The molecular weight excluding hydrogens is 983 g/mol. The SMILES string of the molecule is CS(=O)(=O)c1cc2c(F)cccc2o1.CS(=O)(=O)c1cc2cc(F)ccc2o1.CS(=O)(=O)c1cc2ccccc2o1.CS(=O)(=O)c1cc2ccncc2o1.CS(=O)(=O)c1cc2cnccc2o1. The van der Waals surface area contributed by atoms with Crippen molar-refractivity contribution in [2.24, 2.45) is 0 Å². The number of benzene rings is 3. The fourth-order valence-electron chi connectivity index (χ4n) is 5.58. The number of hydrogen-bond acceptors (Lipinski definition) is 17. The molecule has 7 heterocycles. The van der Waals surface area contributed by atoms with Crippen LogP contribution < -0.4 is 0 Å². The van der Waals surface area contributed by atoms with Gasteiger partial charge in [-0.25, -0.2) is 50.9 Å². The summed E-state index contributed by atoms with van der Waals surface area (Å²) in [6.07, 6.45) is 11.6. The third kappa shape index (κ3) is 12.8. The highest BCUT2D eigenvalue weighted by molar-refractivity contribution is 7.91. The Hall–Kier alpha value is -6.73. The van der Waals surface area contributed by atoms with Crippen molar-refractivity contribution in [1.29, 1.82) is 0 Å². The average Bonchev–Trinajstić information content (AvgIpc) is 4.08. The van der Waals surface area contributed by atoms with Crippen LogP contribution in [0.1, 0.15) is 0 Å². The Morgan fingerprint density at radius 1 is 0.373 bits per heavy atom. The largest absolute Gasteiger partial charge is 0.445 e. The monoisotopic (exact) mass is 1020 g/mol. The van der Waals surface area contributed by atoms with E-state index in [0.717, 1.165) is 42.1 Å². The van der Waals surface area contributed by atoms with Gasteiger partial charge in [-0.2, -0.15) is 0 Å². The van der Waals surface area contributed by atoms with Crippen molar-refractivity contribution in [3.63, 3.8) is 0 Å². The fraction of sp³-hybridized carbons (Fsp3) is 0.116. The number of sulfone groups is 5. The first-order chi connectivity index (χ1) is 31.2. The van der Waals surface area contributed by atoms with Crippen molar-refractivity contribution < 1.29 is 73.0 Å². The Balaban J connectivity index is 0.000000138. The molecule has 0 N–H and O–H groups in total. The molecule has 10 rings (SSSR count). The molecule has 0 fully saturated rings. The summed E-state index contributed by atoms with van der Waals surface area (Å²) in [5, 5.41) is 2.52. The van der Waals surface area contributed by atoms with Gasteiger partial charge in [0.25, 0.3) is 0 Å². The molecule has 17 nitrogen and oxygen atoms in total. The summed E-state index contributed by atoms with van der Waals surface area (Å²) in [6, 6.07) is 25.6. The molecule has 0 aliphatic carbocycles. The molecule has 7 aromatic heterocycles. The summed E-state index contributed by atoms with van der Waals surface area (Å²) < 4.78 is 162. The zero-order valence-corrected chi connectivity index (χ0v) is 39.5. The number of pyridine rings is 2. The van der Waals surface area contributed by atoms with E-state index in [2.05, 4.69) is 9.97 Å². The Morgan fingerprint density at radius 2 is 0.791 bits per heavy atom. The Bertz CT molecular complexity index is 3660. The molecule has 0 aliphatic heterocycles. The first-order valence-electron chi connectivity index (χ1n) is 18.7. The molecule has 67 heavy (non-hydrogen) atoms. The van der Waals surface area contributed by atoms with E-state index in [-0.39, 0.29) is 36.4 Å². The number of aromatic nitrogens is 2. The van der Waals surface area contributed by atoms with Gasteiger partial charge in [0.1, 0.15) is 34.0 Å². The zero-order valence-electron chi connectivity index (χ0n) is 35.4. The number of halogens is 2. The second-order valence-electron chi connectivity index (χ2n) is 14.4. The van der Waals surface area contributed by atoms with Crippen LogP contribution in [0.15, 0.2) is 175 Å². The minimum absolute atomic E-state index is 0.0181. The molecule has 0 saturated heterocycles. The van der Waals surface area contributed by atoms with E-state index in [1.165, 1.54) is 72.9 Å². The Morgan fingerprint density at radius 3 is 1.31 bits per heavy atom. The summed E-state index contributed by atoms with van der Waals surface area (Å²) in [4.78, 5) is 7.67. The van der Waals surface area contributed by atoms with E-state index in [1.54, 1.807) is 42.9 Å². The maximum absolute atomic E-state index is 13.1. The molecular formula is C43H36F2N2O15S5. The fourth-order valence-corrected chi connectivity index (χ4v) is 8.48. The molecule has 0 aliphatic rings. The Labute approximate surface area is 381 Å². The van der Waals surface area contributed by atoms with E-state index in [1.807, 2.05) is 12.1 Å². The molecule has 3 aromatic carbocycles. The predicted octanol–water partition coefficient (Wildman–Crippen LogP) is 8.25. The van der Waals surface area contributed by atoms with Crippen LogP contribution >= 0.6 is 0 Å². The highest BCUT2D eigenvalue weighted by Crippen LogP contribution is 2.27. The van der Waals surface area contributed by atoms with Crippen molar-refractivity contribution >= 4 is 104 Å². The first-order valence-corrected chi connectivity index (χ1v) is 28.2. The first kappa shape index (κ1) is 49.7. The normalized spacial score (nSPS) is 12.1. The highest BCUT2D eigenvalue weighted by Gasteiger charge is 2.17. The highest BCUT2D eigenvalue weighted by atomic mass is 32.2. The van der Waals surface area contributed by atoms with Gasteiger partial charge in [-0.3, -0.25) is 9.97 Å². The average molecular weight is 1020 g/mol. The van der Waals surface area contributed by atoms with Gasteiger partial charge >= 0.3 is 0 Å². The minimum Gasteiger partial charge on any atom is -0.445 e. The smallest absolute Gasteiger partial charge is 0.219 e. The second kappa shape index (κ2) is 19.2. The van der Waals surface area contributed by atoms with E-state index < -0.39 is 60.8 Å². The van der Waals surface area contributed by atoms with E-state index >= 15 is 0 Å². The van der Waals surface area contributed by atoms with Crippen molar-refractivity contribution in [2.75, 3.05) is 31.3 Å². The van der Waals surface area contributed by atoms with Crippen LogP contribution in [0.4, 0.5) is 8.78 Å². The lowest BCUT2D eigenvalue weighted by Crippen LogP contribution is -1.93. The van der Waals surface area contributed by atoms with Crippen molar-refractivity contribution in [2.45, 2.75) is 25.5 Å². The van der Waals surface area contributed by atoms with Crippen LogP contribution in [0.3, 0.4) is 0 Å². The summed E-state index contributed by atoms with van der Waals surface area (Å²) >= 11 is 0. The van der Waals surface area contributed by atoms with E-state index in [4.69, 9.17) is 22.1 Å². The summed E-state index contributed by atoms with van der Waals surface area (Å²) in [5.74, 6) is -0.903. The van der Waals surface area contributed by atoms with Gasteiger partial charge in [0.2, 0.25) is 74.6 Å². The van der Waals surface area contributed by atoms with Gasteiger partial charge in [-0.1, -0.05) is 24.3 Å². The number of furan rings is 5. The topological polar surface area (TPSA) is 262 Å². The second-order valence-corrected chi connectivity index (χ2v) is 24.1. The lowest BCUT2D eigenvalue weighted by molar-refractivity contribution is 0.483. The zero-order chi connectivity index (χ0) is 49.1. The number of rotatable bonds is 5. The summed E-state index contributed by atoms with van der Waals surface area (Å²) in [6.45, 7) is 0. The van der Waals surface area contributed by atoms with Gasteiger partial charge in [0, 0.05) is 102 Å². The number of fused-ring (bicyclic) bond motifs is 5. The van der Waals surface area contributed by atoms with Crippen LogP contribution in [0, 0.1) is 11.6 Å². The summed E-state index contributed by atoms with van der Waals surface area (Å²) in [5.41, 5.74) is 2.23. The lowest BCUT2D eigenvalue weighted by atomic mass is 10.2. The van der Waals surface area contributed by atoms with Crippen LogP contribution in [-0.2, 0) is 49.2 Å². The van der Waals surface area contributed by atoms with Crippen LogP contribution in [0.5, 0.6) is 0 Å². The van der Waals surface area contributed by atoms with Gasteiger partial charge < -0.3 is 22.1 Å². The third-order valence-corrected chi connectivity index (χ3v) is 13.4. The van der Waals surface area contributed by atoms with E-state index in [9.17, 15) is 50.9 Å². The van der Waals surface area contributed by atoms with Crippen LogP contribution in [0.2, 0.25) is 0 Å². The molecule has 10 aromatic rings. The van der Waals surface area contributed by atoms with Crippen molar-refractivity contribution in [3.05, 3.63) is 140 Å². The predicted molar refractivity (Wildman–Crippen MR) is 242 cm³/mol. The molecule has 24 heteroatoms. The molecule has 0 atom stereocenters. The maximum atomic E-state index is 13.1. The quantitative estimate of drug-likeness (QED) is 0.157. The number of para-hydroxylation sites is 1. The summed E-state index contributed by atoms with van der Waals surface area (Å²) in [7, 11) is -16.5. The van der Waals surface area contributed by atoms with Gasteiger partial charge in [-0.05, 0) is 48.5 Å². The van der Waals surface area contributed by atoms with Crippen molar-refractivity contribution in [3.8, 4) is 0 Å². The van der Waals surface area contributed by atoms with E-state index in [0.29, 0.717) is 33.1 Å². The standard InChI is InChI=1S/2C9H7FO3S.C9H8O3S.2C8H7NO3S/c1-14(11,12)9-5-6-4-7(10)2-3-8(6)13-9;1-14(11,12)9-5-6-7(10)3-2-4-8(6)13-9;1-13(10,11)9-6-7-4-2-3-5-8(7)12-9;1-13(10,11)8-4-6-5-9-3-2-7(6)12-8;1-13(10,11)8-4-6-2-3-9-5-7(6)12-8/h2*2-5H,1H3;2-6H,1H3;2*2-5H,1H3. The van der Waals surface area contributed by atoms with Crippen LogP contribution in [0.25, 0.3) is 54.8 Å². The minimum atomic E-state index is -3.41. The Kier molecular flexibility index (Phi) is 14.3. The number of nitrogens with zero attached hydrogens (tertiary/aromatic N) is 2. The lowest BCUT2D eigenvalue weighted by Gasteiger charge is -1.88. The molecule has 352 valence electrons. The molecule has 0 unspecified atom stereocenters. The molecule has 0 radical (unpaired) electrons. The van der Waals surface area contributed by atoms with Crippen molar-refractivity contribution in [1.82, 2.24) is 9.97 Å². The van der Waals surface area contributed by atoms with Gasteiger partial charge in [-0.15, -0.1) is 0 Å². The van der Waals surface area contributed by atoms with Gasteiger partial charge in [0.05, 0.1) is 11.6 Å². The molecule has 0 spiro atoms. The maximum Gasteiger partial charge on any atom is 0.219 e. The molecule has 0 saturated carbocycles. The molecule has 0 bridgehead atoms. The van der Waals surface area contributed by atoms with Gasteiger partial charge in [0.15, 0.2) is 5.58 Å². The van der Waals surface area contributed by atoms with Crippen LogP contribution in [-0.4, -0.2) is 83.3 Å². The molecule has 0 amide bonds. The third-order valence-electron chi connectivity index (χ3n) is 8.77.